The van der Waals surface area contributed by atoms with Crippen molar-refractivity contribution in [2.75, 3.05) is 0 Å². The van der Waals surface area contributed by atoms with Gasteiger partial charge in [0.05, 0.1) is 17.3 Å². The first-order chi connectivity index (χ1) is 11.9. The Kier molecular flexibility index (Phi) is 4.63. The standard InChI is InChI=1S/C20H24N4O/c1-12(2)22-20(25)19-17(15-9-10-15)18(23-24(19)13(3)4)16-7-5-14(11-21)6-8-16/h5-8,12-13,15H,9-10H2,1-4H3,(H,22,25). The molecule has 0 atom stereocenters. The molecule has 0 saturated heterocycles. The predicted octanol–water partition coefficient (Wildman–Crippen LogP) is 4.02. The summed E-state index contributed by atoms with van der Waals surface area (Å²) in [5.41, 5.74) is 4.19. The predicted molar refractivity (Wildman–Crippen MR) is 97.3 cm³/mol. The van der Waals surface area contributed by atoms with Crippen LogP contribution >= 0.6 is 0 Å². The molecule has 25 heavy (non-hydrogen) atoms. The molecule has 1 aromatic heterocycles. The van der Waals surface area contributed by atoms with E-state index in [1.165, 1.54) is 0 Å². The first kappa shape index (κ1) is 17.2. The van der Waals surface area contributed by atoms with Gasteiger partial charge in [0.2, 0.25) is 0 Å². The van der Waals surface area contributed by atoms with Gasteiger partial charge in [0, 0.05) is 23.2 Å². The highest BCUT2D eigenvalue weighted by molar-refractivity contribution is 5.96. The second-order valence-electron chi connectivity index (χ2n) is 7.24. The van der Waals surface area contributed by atoms with E-state index in [0.717, 1.165) is 29.7 Å². The molecule has 5 heteroatoms. The van der Waals surface area contributed by atoms with Gasteiger partial charge in [0.1, 0.15) is 5.69 Å². The number of carbonyl (C=O) groups is 1. The SMILES string of the molecule is CC(C)NC(=O)c1c(C2CC2)c(-c2ccc(C#N)cc2)nn1C(C)C. The summed E-state index contributed by atoms with van der Waals surface area (Å²) in [6.45, 7) is 8.01. The molecular weight excluding hydrogens is 312 g/mol. The number of nitrogens with one attached hydrogen (secondary N) is 1. The molecule has 1 N–H and O–H groups in total. The highest BCUT2D eigenvalue weighted by atomic mass is 16.2. The van der Waals surface area contributed by atoms with Crippen molar-refractivity contribution in [1.82, 2.24) is 15.1 Å². The number of rotatable bonds is 5. The lowest BCUT2D eigenvalue weighted by Crippen LogP contribution is -2.33. The summed E-state index contributed by atoms with van der Waals surface area (Å²) in [7, 11) is 0. The minimum Gasteiger partial charge on any atom is -0.349 e. The van der Waals surface area contributed by atoms with Gasteiger partial charge in [-0.15, -0.1) is 0 Å². The molecule has 5 nitrogen and oxygen atoms in total. The molecule has 0 spiro atoms. The second kappa shape index (κ2) is 6.72. The quantitative estimate of drug-likeness (QED) is 0.896. The van der Waals surface area contributed by atoms with E-state index in [4.69, 9.17) is 10.4 Å². The zero-order valence-corrected chi connectivity index (χ0v) is 15.2. The summed E-state index contributed by atoms with van der Waals surface area (Å²) in [6, 6.07) is 9.75. The molecular formula is C20H24N4O. The highest BCUT2D eigenvalue weighted by Crippen LogP contribution is 2.46. The van der Waals surface area contributed by atoms with Crippen LogP contribution in [0.15, 0.2) is 24.3 Å². The average molecular weight is 336 g/mol. The number of nitrogens with zero attached hydrogens (tertiary/aromatic N) is 3. The van der Waals surface area contributed by atoms with E-state index in [2.05, 4.69) is 11.4 Å². The van der Waals surface area contributed by atoms with Crippen molar-refractivity contribution in [2.45, 2.75) is 58.5 Å². The van der Waals surface area contributed by atoms with E-state index in [-0.39, 0.29) is 18.0 Å². The second-order valence-corrected chi connectivity index (χ2v) is 7.24. The normalized spacial score (nSPS) is 14.0. The van der Waals surface area contributed by atoms with Crippen LogP contribution in [0.4, 0.5) is 0 Å². The van der Waals surface area contributed by atoms with Gasteiger partial charge in [-0.1, -0.05) is 12.1 Å². The Hall–Kier alpha value is -2.61. The van der Waals surface area contributed by atoms with Gasteiger partial charge in [0.25, 0.3) is 5.91 Å². The third-order valence-corrected chi connectivity index (χ3v) is 4.34. The summed E-state index contributed by atoms with van der Waals surface area (Å²) in [4.78, 5) is 12.9. The molecule has 3 rings (SSSR count). The van der Waals surface area contributed by atoms with Crippen LogP contribution in [0.1, 0.15) is 74.1 Å². The Balaban J connectivity index is 2.15. The van der Waals surface area contributed by atoms with Crippen molar-refractivity contribution in [3.63, 3.8) is 0 Å². The third kappa shape index (κ3) is 3.43. The van der Waals surface area contributed by atoms with Crippen molar-refractivity contribution in [3.8, 4) is 17.3 Å². The van der Waals surface area contributed by atoms with Gasteiger partial charge in [-0.2, -0.15) is 10.4 Å². The lowest BCUT2D eigenvalue weighted by molar-refractivity contribution is 0.0929. The van der Waals surface area contributed by atoms with Crippen molar-refractivity contribution < 1.29 is 4.79 Å². The maximum atomic E-state index is 12.9. The Bertz CT molecular complexity index is 821. The fraction of sp³-hybridized carbons (Fsp3) is 0.450. The van der Waals surface area contributed by atoms with E-state index in [1.54, 1.807) is 12.1 Å². The van der Waals surface area contributed by atoms with Gasteiger partial charge in [-0.3, -0.25) is 9.48 Å². The minimum atomic E-state index is -0.0574. The van der Waals surface area contributed by atoms with Crippen LogP contribution in [0, 0.1) is 11.3 Å². The van der Waals surface area contributed by atoms with Gasteiger partial charge < -0.3 is 5.32 Å². The summed E-state index contributed by atoms with van der Waals surface area (Å²) >= 11 is 0. The number of hydrogen-bond acceptors (Lipinski definition) is 3. The number of carbonyl (C=O) groups excluding carboxylic acids is 1. The minimum absolute atomic E-state index is 0.0574. The number of nitriles is 1. The Morgan fingerprint density at radius 3 is 2.36 bits per heavy atom. The van der Waals surface area contributed by atoms with Crippen LogP contribution in [-0.4, -0.2) is 21.7 Å². The Labute approximate surface area is 148 Å². The zero-order valence-electron chi connectivity index (χ0n) is 15.2. The highest BCUT2D eigenvalue weighted by Gasteiger charge is 2.36. The number of benzene rings is 1. The van der Waals surface area contributed by atoms with Crippen molar-refractivity contribution >= 4 is 5.91 Å². The lowest BCUT2D eigenvalue weighted by atomic mass is 10.0. The van der Waals surface area contributed by atoms with E-state index >= 15 is 0 Å². The van der Waals surface area contributed by atoms with E-state index in [0.29, 0.717) is 17.2 Å². The first-order valence-corrected chi connectivity index (χ1v) is 8.86. The molecule has 1 fully saturated rings. The van der Waals surface area contributed by atoms with E-state index < -0.39 is 0 Å². The van der Waals surface area contributed by atoms with Crippen LogP contribution in [0.3, 0.4) is 0 Å². The third-order valence-electron chi connectivity index (χ3n) is 4.34. The number of amides is 1. The van der Waals surface area contributed by atoms with Crippen LogP contribution in [0.2, 0.25) is 0 Å². The zero-order chi connectivity index (χ0) is 18.1. The van der Waals surface area contributed by atoms with Crippen molar-refractivity contribution in [3.05, 3.63) is 41.1 Å². The Morgan fingerprint density at radius 2 is 1.88 bits per heavy atom. The van der Waals surface area contributed by atoms with Crippen molar-refractivity contribution in [1.29, 1.82) is 5.26 Å². The maximum absolute atomic E-state index is 12.9. The topological polar surface area (TPSA) is 70.7 Å². The molecule has 0 bridgehead atoms. The summed E-state index contributed by atoms with van der Waals surface area (Å²) in [5, 5.41) is 16.8. The fourth-order valence-corrected chi connectivity index (χ4v) is 3.05. The molecule has 0 unspecified atom stereocenters. The van der Waals surface area contributed by atoms with Gasteiger partial charge in [-0.25, -0.2) is 0 Å². The van der Waals surface area contributed by atoms with Crippen LogP contribution in [0.25, 0.3) is 11.3 Å². The smallest absolute Gasteiger partial charge is 0.270 e. The monoisotopic (exact) mass is 336 g/mol. The fourth-order valence-electron chi connectivity index (χ4n) is 3.05. The first-order valence-electron chi connectivity index (χ1n) is 8.86. The largest absolute Gasteiger partial charge is 0.349 e. The maximum Gasteiger partial charge on any atom is 0.270 e. The van der Waals surface area contributed by atoms with E-state index in [1.807, 2.05) is 44.5 Å². The van der Waals surface area contributed by atoms with E-state index in [9.17, 15) is 4.79 Å². The molecule has 1 aliphatic rings. The average Bonchev–Trinajstić information content (AvgIpc) is 3.33. The molecule has 1 heterocycles. The van der Waals surface area contributed by atoms with Crippen LogP contribution < -0.4 is 5.32 Å². The van der Waals surface area contributed by atoms with Crippen LogP contribution in [-0.2, 0) is 0 Å². The van der Waals surface area contributed by atoms with Gasteiger partial charge in [0.15, 0.2) is 0 Å². The Morgan fingerprint density at radius 1 is 1.24 bits per heavy atom. The molecule has 1 saturated carbocycles. The van der Waals surface area contributed by atoms with Crippen LogP contribution in [0.5, 0.6) is 0 Å². The summed E-state index contributed by atoms with van der Waals surface area (Å²) < 4.78 is 1.85. The summed E-state index contributed by atoms with van der Waals surface area (Å²) in [5.74, 6) is 0.337. The summed E-state index contributed by atoms with van der Waals surface area (Å²) in [6.07, 6.45) is 2.18. The number of aromatic nitrogens is 2. The molecule has 1 amide bonds. The lowest BCUT2D eigenvalue weighted by Gasteiger charge is -2.14. The van der Waals surface area contributed by atoms with Gasteiger partial charge >= 0.3 is 0 Å². The molecule has 0 radical (unpaired) electrons. The van der Waals surface area contributed by atoms with Gasteiger partial charge in [-0.05, 0) is 58.6 Å². The molecule has 0 aliphatic heterocycles. The van der Waals surface area contributed by atoms with Crippen molar-refractivity contribution in [2.24, 2.45) is 0 Å². The molecule has 1 aromatic carbocycles. The molecule has 130 valence electrons. The number of hydrogen-bond donors (Lipinski definition) is 1. The molecule has 1 aliphatic carbocycles. The molecule has 2 aromatic rings.